The average Bonchev–Trinajstić information content (AvgIpc) is 3.51. The molecule has 32 heavy (non-hydrogen) atoms. The van der Waals surface area contributed by atoms with Crippen LogP contribution in [0.25, 0.3) is 11.3 Å². The van der Waals surface area contributed by atoms with Crippen LogP contribution in [0.4, 0.5) is 0 Å². The number of likely N-dealkylation sites (tertiary alicyclic amines) is 2. The molecular formula is C27H31N3O2. The molecule has 2 saturated heterocycles. The molecule has 5 rings (SSSR count). The number of hydrogen-bond donors (Lipinski definition) is 1. The number of furan rings is 1. The van der Waals surface area contributed by atoms with E-state index in [4.69, 9.17) is 10.2 Å². The molecule has 3 heterocycles. The molecule has 166 valence electrons. The number of nitrogens with zero attached hydrogens (tertiary/aromatic N) is 2. The Hall–Kier alpha value is -2.89. The van der Waals surface area contributed by atoms with Crippen LogP contribution in [0.5, 0.6) is 0 Å². The van der Waals surface area contributed by atoms with Crippen LogP contribution in [0, 0.1) is 18.8 Å². The van der Waals surface area contributed by atoms with Gasteiger partial charge in [-0.25, -0.2) is 0 Å². The minimum atomic E-state index is 0.0811. The van der Waals surface area contributed by atoms with E-state index in [2.05, 4.69) is 17.0 Å². The lowest BCUT2D eigenvalue weighted by Crippen LogP contribution is -2.34. The van der Waals surface area contributed by atoms with Crippen LogP contribution in [-0.2, 0) is 0 Å². The summed E-state index contributed by atoms with van der Waals surface area (Å²) in [5.74, 6) is 2.65. The Morgan fingerprint density at radius 3 is 2.28 bits per heavy atom. The van der Waals surface area contributed by atoms with Crippen molar-refractivity contribution in [3.05, 3.63) is 83.6 Å². The molecule has 2 unspecified atom stereocenters. The predicted octanol–water partition coefficient (Wildman–Crippen LogP) is 4.35. The molecule has 0 saturated carbocycles. The Morgan fingerprint density at radius 1 is 1.00 bits per heavy atom. The molecule has 5 nitrogen and oxygen atoms in total. The minimum absolute atomic E-state index is 0.0811. The maximum atomic E-state index is 13.2. The van der Waals surface area contributed by atoms with Crippen molar-refractivity contribution in [2.24, 2.45) is 17.6 Å². The second-order valence-corrected chi connectivity index (χ2v) is 9.24. The van der Waals surface area contributed by atoms with Crippen molar-refractivity contribution < 1.29 is 9.21 Å². The van der Waals surface area contributed by atoms with Gasteiger partial charge in [-0.1, -0.05) is 60.7 Å². The molecule has 0 bridgehead atoms. The molecule has 0 radical (unpaired) electrons. The van der Waals surface area contributed by atoms with Crippen molar-refractivity contribution in [1.29, 1.82) is 0 Å². The van der Waals surface area contributed by atoms with Gasteiger partial charge in [-0.3, -0.25) is 4.79 Å². The summed E-state index contributed by atoms with van der Waals surface area (Å²) in [7, 11) is 0. The quantitative estimate of drug-likeness (QED) is 0.633. The van der Waals surface area contributed by atoms with Crippen LogP contribution < -0.4 is 5.73 Å². The Balaban J connectivity index is 1.16. The summed E-state index contributed by atoms with van der Waals surface area (Å²) in [5, 5.41) is 0. The highest BCUT2D eigenvalue weighted by Gasteiger charge is 2.42. The van der Waals surface area contributed by atoms with Crippen LogP contribution in [-0.4, -0.2) is 48.4 Å². The fraction of sp³-hybridized carbons (Fsp3) is 0.370. The van der Waals surface area contributed by atoms with E-state index in [1.807, 2.05) is 66.4 Å². The largest absolute Gasteiger partial charge is 0.461 e. The normalized spacial score (nSPS) is 21.6. The minimum Gasteiger partial charge on any atom is -0.461 e. The zero-order chi connectivity index (χ0) is 22.1. The predicted molar refractivity (Wildman–Crippen MR) is 126 cm³/mol. The third kappa shape index (κ3) is 4.23. The molecule has 2 aromatic carbocycles. The lowest BCUT2D eigenvalue weighted by molar-refractivity contribution is 0.0772. The SMILES string of the molecule is Cc1oc(-c2ccccc2)cc1C(=O)N1CC2CN(CC[C@H](N)c3ccccc3)CC2C1. The van der Waals surface area contributed by atoms with Crippen LogP contribution in [0.2, 0.25) is 0 Å². The first-order chi connectivity index (χ1) is 15.6. The number of fused-ring (bicyclic) bond motifs is 1. The van der Waals surface area contributed by atoms with Crippen molar-refractivity contribution in [3.8, 4) is 11.3 Å². The highest BCUT2D eigenvalue weighted by molar-refractivity contribution is 5.96. The number of aryl methyl sites for hydroxylation is 1. The first-order valence-corrected chi connectivity index (χ1v) is 11.6. The highest BCUT2D eigenvalue weighted by atomic mass is 16.3. The van der Waals surface area contributed by atoms with Crippen molar-refractivity contribution in [3.63, 3.8) is 0 Å². The molecule has 2 aliphatic rings. The van der Waals surface area contributed by atoms with Gasteiger partial charge in [0.05, 0.1) is 5.56 Å². The first kappa shape index (κ1) is 21.0. The lowest BCUT2D eigenvalue weighted by atomic mass is 10.0. The molecule has 2 fully saturated rings. The van der Waals surface area contributed by atoms with Crippen molar-refractivity contribution in [2.75, 3.05) is 32.7 Å². The molecule has 5 heteroatoms. The average molecular weight is 430 g/mol. The summed E-state index contributed by atoms with van der Waals surface area (Å²) >= 11 is 0. The first-order valence-electron chi connectivity index (χ1n) is 11.6. The third-order valence-electron chi connectivity index (χ3n) is 7.04. The van der Waals surface area contributed by atoms with Gasteiger partial charge in [0.2, 0.25) is 0 Å². The lowest BCUT2D eigenvalue weighted by Gasteiger charge is -2.22. The molecular weight excluding hydrogens is 398 g/mol. The van der Waals surface area contributed by atoms with Gasteiger partial charge in [0.25, 0.3) is 5.91 Å². The topological polar surface area (TPSA) is 62.7 Å². The summed E-state index contributed by atoms with van der Waals surface area (Å²) in [6.07, 6.45) is 0.961. The molecule has 1 aromatic heterocycles. The summed E-state index contributed by atoms with van der Waals surface area (Å²) in [4.78, 5) is 17.8. The zero-order valence-electron chi connectivity index (χ0n) is 18.6. The van der Waals surface area contributed by atoms with Gasteiger partial charge in [-0.05, 0) is 43.4 Å². The third-order valence-corrected chi connectivity index (χ3v) is 7.04. The van der Waals surface area contributed by atoms with Gasteiger partial charge in [0, 0.05) is 37.8 Å². The van der Waals surface area contributed by atoms with Crippen molar-refractivity contribution in [2.45, 2.75) is 19.4 Å². The molecule has 3 atom stereocenters. The van der Waals surface area contributed by atoms with Crippen LogP contribution >= 0.6 is 0 Å². The van der Waals surface area contributed by atoms with Crippen LogP contribution in [0.3, 0.4) is 0 Å². The Kier molecular flexibility index (Phi) is 5.85. The van der Waals surface area contributed by atoms with E-state index in [9.17, 15) is 4.79 Å². The Labute approximate surface area is 189 Å². The maximum absolute atomic E-state index is 13.2. The van der Waals surface area contributed by atoms with E-state index in [0.29, 0.717) is 23.2 Å². The second-order valence-electron chi connectivity index (χ2n) is 9.24. The smallest absolute Gasteiger partial charge is 0.257 e. The Bertz CT molecular complexity index is 1050. The van der Waals surface area contributed by atoms with Crippen LogP contribution in [0.15, 0.2) is 71.1 Å². The second kappa shape index (κ2) is 8.93. The van der Waals surface area contributed by atoms with Crippen LogP contribution in [0.1, 0.15) is 34.1 Å². The van der Waals surface area contributed by atoms with E-state index in [1.54, 1.807) is 0 Å². The zero-order valence-corrected chi connectivity index (χ0v) is 18.6. The number of carbonyl (C=O) groups is 1. The number of rotatable bonds is 6. The molecule has 2 N–H and O–H groups in total. The number of amides is 1. The van der Waals surface area contributed by atoms with E-state index in [1.165, 1.54) is 5.56 Å². The fourth-order valence-corrected chi connectivity index (χ4v) is 5.24. The maximum Gasteiger partial charge on any atom is 0.257 e. The van der Waals surface area contributed by atoms with Crippen molar-refractivity contribution >= 4 is 5.91 Å². The molecule has 2 aliphatic heterocycles. The molecule has 0 aliphatic carbocycles. The standard InChI is InChI=1S/C27H31N3O2/c1-19-24(14-26(32-19)21-10-6-3-7-11-21)27(31)30-17-22-15-29(16-23(22)18-30)13-12-25(28)20-8-4-2-5-9-20/h2-11,14,22-23,25H,12-13,15-18,28H2,1H3/t22?,23?,25-/m0/s1. The van der Waals surface area contributed by atoms with E-state index in [-0.39, 0.29) is 11.9 Å². The van der Waals surface area contributed by atoms with Gasteiger partial charge in [0.1, 0.15) is 11.5 Å². The number of carbonyl (C=O) groups excluding carboxylic acids is 1. The number of nitrogens with two attached hydrogens (primary N) is 1. The fourth-order valence-electron chi connectivity index (χ4n) is 5.24. The summed E-state index contributed by atoms with van der Waals surface area (Å²) in [6, 6.07) is 22.3. The van der Waals surface area contributed by atoms with E-state index in [0.717, 1.165) is 50.5 Å². The molecule has 3 aromatic rings. The van der Waals surface area contributed by atoms with Gasteiger partial charge >= 0.3 is 0 Å². The van der Waals surface area contributed by atoms with E-state index < -0.39 is 0 Å². The summed E-state index contributed by atoms with van der Waals surface area (Å²) in [5.41, 5.74) is 9.27. The van der Waals surface area contributed by atoms with Gasteiger partial charge in [-0.15, -0.1) is 0 Å². The van der Waals surface area contributed by atoms with Gasteiger partial charge in [0.15, 0.2) is 0 Å². The van der Waals surface area contributed by atoms with E-state index >= 15 is 0 Å². The Morgan fingerprint density at radius 2 is 1.62 bits per heavy atom. The molecule has 0 spiro atoms. The summed E-state index contributed by atoms with van der Waals surface area (Å²) < 4.78 is 5.92. The monoisotopic (exact) mass is 429 g/mol. The number of hydrogen-bond acceptors (Lipinski definition) is 4. The van der Waals surface area contributed by atoms with Crippen molar-refractivity contribution in [1.82, 2.24) is 9.80 Å². The summed E-state index contributed by atoms with van der Waals surface area (Å²) in [6.45, 7) is 6.66. The van der Waals surface area contributed by atoms with Gasteiger partial charge in [-0.2, -0.15) is 0 Å². The van der Waals surface area contributed by atoms with Gasteiger partial charge < -0.3 is 20.0 Å². The number of benzene rings is 2. The molecule has 1 amide bonds. The highest BCUT2D eigenvalue weighted by Crippen LogP contribution is 2.34.